The molecule has 218 valence electrons. The Labute approximate surface area is 252 Å². The van der Waals surface area contributed by atoms with Crippen LogP contribution in [0.5, 0.6) is 11.5 Å². The number of fused-ring (bicyclic) bond motifs is 4. The summed E-state index contributed by atoms with van der Waals surface area (Å²) in [5.41, 5.74) is 6.01. The molecular formula is C28H21Cl3FN3O7. The van der Waals surface area contributed by atoms with Gasteiger partial charge in [-0.15, -0.1) is 23.2 Å². The Balaban J connectivity index is 1.59. The van der Waals surface area contributed by atoms with E-state index in [0.717, 1.165) is 17.0 Å². The standard InChI is InChI=1S/C28H21Cl3FN3O7/c1-42-18-9-11(8-17(29)21(18)36)20-14-6-7-15-19(23(38)35(22(15)37)26(33)41)16(14)10-27(30)24(39)34(25(40)28(20,27)31)13-4-2-12(32)3-5-13/h2-6,8-9,15-16,19-20,36H,7,10H2,1H3,(H2,33,41). The molecule has 6 unspecified atom stereocenters. The van der Waals surface area contributed by atoms with E-state index in [1.165, 1.54) is 31.4 Å². The van der Waals surface area contributed by atoms with Crippen molar-refractivity contribution in [3.8, 4) is 11.5 Å². The molecule has 2 saturated heterocycles. The summed E-state index contributed by atoms with van der Waals surface area (Å²) in [5, 5.41) is 10.3. The smallest absolute Gasteiger partial charge is 0.328 e. The summed E-state index contributed by atoms with van der Waals surface area (Å²) in [6.07, 6.45) is 1.31. The molecule has 6 rings (SSSR count). The van der Waals surface area contributed by atoms with Crippen LogP contribution in [-0.2, 0) is 19.2 Å². The van der Waals surface area contributed by atoms with Gasteiger partial charge in [0.1, 0.15) is 5.82 Å². The number of halogens is 4. The number of nitrogens with two attached hydrogens (primary N) is 1. The van der Waals surface area contributed by atoms with Crippen LogP contribution in [0, 0.1) is 23.6 Å². The highest BCUT2D eigenvalue weighted by Crippen LogP contribution is 2.66. The summed E-state index contributed by atoms with van der Waals surface area (Å²) in [7, 11) is 1.29. The van der Waals surface area contributed by atoms with E-state index in [2.05, 4.69) is 0 Å². The molecule has 2 aromatic carbocycles. The number of primary amides is 1. The molecule has 0 aromatic heterocycles. The number of hydrogen-bond acceptors (Lipinski definition) is 7. The van der Waals surface area contributed by atoms with Crippen molar-refractivity contribution in [3.63, 3.8) is 0 Å². The lowest BCUT2D eigenvalue weighted by molar-refractivity contribution is -0.136. The second-order valence-corrected chi connectivity index (χ2v) is 12.3. The van der Waals surface area contributed by atoms with Gasteiger partial charge in [0.25, 0.3) is 11.8 Å². The Bertz CT molecular complexity index is 1650. The molecule has 2 aromatic rings. The largest absolute Gasteiger partial charge is 0.503 e. The van der Waals surface area contributed by atoms with Crippen LogP contribution >= 0.6 is 34.8 Å². The van der Waals surface area contributed by atoms with Crippen LogP contribution < -0.4 is 15.4 Å². The quantitative estimate of drug-likeness (QED) is 0.296. The average molecular weight is 637 g/mol. The number of phenolic OH excluding ortho intramolecular Hbond substituents is 1. The molecule has 0 radical (unpaired) electrons. The fourth-order valence-electron chi connectivity index (χ4n) is 6.91. The van der Waals surface area contributed by atoms with Gasteiger partial charge in [0.05, 0.1) is 29.7 Å². The molecule has 2 aliphatic carbocycles. The first-order valence-electron chi connectivity index (χ1n) is 12.7. The maximum Gasteiger partial charge on any atom is 0.328 e. The molecule has 0 spiro atoms. The number of allylic oxidation sites excluding steroid dienone is 2. The van der Waals surface area contributed by atoms with Gasteiger partial charge >= 0.3 is 6.03 Å². The normalized spacial score (nSPS) is 32.0. The Kier molecular flexibility index (Phi) is 6.38. The Morgan fingerprint density at radius 3 is 2.36 bits per heavy atom. The first kappa shape index (κ1) is 28.4. The third-order valence-corrected chi connectivity index (χ3v) is 10.4. The van der Waals surface area contributed by atoms with E-state index in [4.69, 9.17) is 45.3 Å². The van der Waals surface area contributed by atoms with Gasteiger partial charge in [-0.1, -0.05) is 23.3 Å². The summed E-state index contributed by atoms with van der Waals surface area (Å²) in [6, 6.07) is 6.08. The number of anilines is 1. The van der Waals surface area contributed by atoms with Crippen molar-refractivity contribution in [1.29, 1.82) is 0 Å². The third kappa shape index (κ3) is 3.53. The summed E-state index contributed by atoms with van der Waals surface area (Å²) in [5.74, 6) is -8.72. The lowest BCUT2D eigenvalue weighted by Gasteiger charge is -2.50. The number of phenols is 1. The zero-order valence-corrected chi connectivity index (χ0v) is 23.9. The highest BCUT2D eigenvalue weighted by molar-refractivity contribution is 6.58. The number of methoxy groups -OCH3 is 1. The average Bonchev–Trinajstić information content (AvgIpc) is 3.29. The van der Waals surface area contributed by atoms with Crippen LogP contribution in [0.15, 0.2) is 48.0 Å². The number of rotatable bonds is 3. The first-order valence-corrected chi connectivity index (χ1v) is 13.9. The van der Waals surface area contributed by atoms with Crippen LogP contribution in [0.2, 0.25) is 5.02 Å². The van der Waals surface area contributed by atoms with Gasteiger partial charge in [-0.05, 0) is 60.7 Å². The van der Waals surface area contributed by atoms with Crippen molar-refractivity contribution in [2.45, 2.75) is 28.5 Å². The van der Waals surface area contributed by atoms with Crippen molar-refractivity contribution in [2.24, 2.45) is 23.5 Å². The minimum absolute atomic E-state index is 0.0103. The SMILES string of the molecule is COc1cc(C2C3=CCC4C(=O)N(C(N)=O)C(=O)C4C3CC3(Cl)C(=O)N(c4ccc(F)cc4)C(=O)C23Cl)cc(Cl)c1O. The van der Waals surface area contributed by atoms with Gasteiger partial charge in [0.2, 0.25) is 11.8 Å². The summed E-state index contributed by atoms with van der Waals surface area (Å²) in [6.45, 7) is 0. The third-order valence-electron chi connectivity index (χ3n) is 8.72. The van der Waals surface area contributed by atoms with Crippen LogP contribution in [0.4, 0.5) is 14.9 Å². The molecule has 6 atom stereocenters. The molecule has 14 heteroatoms. The molecule has 2 aliphatic heterocycles. The van der Waals surface area contributed by atoms with E-state index in [1.54, 1.807) is 6.08 Å². The fraction of sp³-hybridized carbons (Fsp3) is 0.321. The van der Waals surface area contributed by atoms with E-state index in [9.17, 15) is 33.5 Å². The van der Waals surface area contributed by atoms with Crippen LogP contribution in [0.1, 0.15) is 24.3 Å². The van der Waals surface area contributed by atoms with Crippen molar-refractivity contribution in [2.75, 3.05) is 12.0 Å². The minimum Gasteiger partial charge on any atom is -0.503 e. The maximum absolute atomic E-state index is 14.3. The number of urea groups is 1. The van der Waals surface area contributed by atoms with Gasteiger partial charge in [0, 0.05) is 5.92 Å². The molecule has 2 heterocycles. The zero-order valence-electron chi connectivity index (χ0n) is 21.6. The summed E-state index contributed by atoms with van der Waals surface area (Å²) < 4.78 is 19.0. The van der Waals surface area contributed by atoms with Gasteiger partial charge in [-0.3, -0.25) is 19.2 Å². The van der Waals surface area contributed by atoms with E-state index in [-0.39, 0.29) is 40.6 Å². The highest BCUT2D eigenvalue weighted by Gasteiger charge is 2.76. The Morgan fingerprint density at radius 2 is 1.74 bits per heavy atom. The van der Waals surface area contributed by atoms with Crippen molar-refractivity contribution >= 4 is 70.2 Å². The van der Waals surface area contributed by atoms with E-state index >= 15 is 0 Å². The van der Waals surface area contributed by atoms with Crippen molar-refractivity contribution in [3.05, 3.63) is 64.5 Å². The molecule has 3 fully saturated rings. The Hall–Kier alpha value is -3.67. The monoisotopic (exact) mass is 635 g/mol. The molecule has 3 N–H and O–H groups in total. The summed E-state index contributed by atoms with van der Waals surface area (Å²) >= 11 is 20.8. The maximum atomic E-state index is 14.3. The molecule has 1 saturated carbocycles. The number of aromatic hydroxyl groups is 1. The van der Waals surface area contributed by atoms with Gasteiger partial charge in [0.15, 0.2) is 21.2 Å². The fourth-order valence-corrected chi connectivity index (χ4v) is 8.06. The molecule has 0 bridgehead atoms. The molecule has 42 heavy (non-hydrogen) atoms. The highest BCUT2D eigenvalue weighted by atomic mass is 35.5. The summed E-state index contributed by atoms with van der Waals surface area (Å²) in [4.78, 5) is 63.7. The van der Waals surface area contributed by atoms with Crippen molar-refractivity contribution in [1.82, 2.24) is 4.90 Å². The number of ether oxygens (including phenoxy) is 1. The predicted molar refractivity (Wildman–Crippen MR) is 148 cm³/mol. The number of amides is 6. The molecule has 4 aliphatic rings. The molecule has 6 amide bonds. The number of hydrogen-bond donors (Lipinski definition) is 2. The van der Waals surface area contributed by atoms with Gasteiger partial charge in [-0.2, -0.15) is 4.90 Å². The minimum atomic E-state index is -2.21. The topological polar surface area (TPSA) is 147 Å². The van der Waals surface area contributed by atoms with Crippen LogP contribution in [0.3, 0.4) is 0 Å². The lowest BCUT2D eigenvalue weighted by atomic mass is 9.56. The van der Waals surface area contributed by atoms with Crippen molar-refractivity contribution < 1.29 is 38.2 Å². The number of imide groups is 4. The van der Waals surface area contributed by atoms with Gasteiger partial charge < -0.3 is 15.6 Å². The van der Waals surface area contributed by atoms with E-state index < -0.39 is 68.9 Å². The number of carbonyl (C=O) groups excluding carboxylic acids is 5. The number of carbonyl (C=O) groups is 5. The molecule has 10 nitrogen and oxygen atoms in total. The predicted octanol–water partition coefficient (Wildman–Crippen LogP) is 3.84. The van der Waals surface area contributed by atoms with Crippen LogP contribution in [0.25, 0.3) is 0 Å². The number of benzene rings is 2. The second kappa shape index (κ2) is 9.42. The van der Waals surface area contributed by atoms with Gasteiger partial charge in [-0.25, -0.2) is 14.1 Å². The number of nitrogens with zero attached hydrogens (tertiary/aromatic N) is 2. The molecular weight excluding hydrogens is 616 g/mol. The second-order valence-electron chi connectivity index (χ2n) is 10.7. The van der Waals surface area contributed by atoms with E-state index in [0.29, 0.717) is 10.5 Å². The lowest BCUT2D eigenvalue weighted by Crippen LogP contribution is -2.60. The number of alkyl halides is 2. The van der Waals surface area contributed by atoms with Crippen LogP contribution in [-0.4, -0.2) is 56.5 Å². The van der Waals surface area contributed by atoms with E-state index in [1.807, 2.05) is 0 Å². The zero-order chi connectivity index (χ0) is 30.5. The Morgan fingerprint density at radius 1 is 1.07 bits per heavy atom. The number of likely N-dealkylation sites (tertiary alicyclic amines) is 1. The first-order chi connectivity index (χ1) is 19.8.